The number of amides is 2. The first kappa shape index (κ1) is 31.3. The van der Waals surface area contributed by atoms with Crippen LogP contribution in [0.4, 0.5) is 18.0 Å². The zero-order chi connectivity index (χ0) is 29.7. The Morgan fingerprint density at radius 2 is 1.82 bits per heavy atom. The number of aliphatic hydroxyl groups excluding tert-OH is 1. The fourth-order valence-corrected chi connectivity index (χ4v) is 5.36. The molecule has 0 bridgehead atoms. The lowest BCUT2D eigenvalue weighted by Crippen LogP contribution is -2.45. The van der Waals surface area contributed by atoms with E-state index in [-0.39, 0.29) is 24.0 Å². The molecule has 3 atom stereocenters. The summed E-state index contributed by atoms with van der Waals surface area (Å²) in [5.41, 5.74) is 0.429. The van der Waals surface area contributed by atoms with Crippen LogP contribution >= 0.6 is 0 Å². The van der Waals surface area contributed by atoms with Crippen molar-refractivity contribution in [3.63, 3.8) is 0 Å². The standard InChI is InChI=1S/C31H41F3N2O4/c1-29(2,3)40-28(39)36-20-22(19-30(36,4)5)14-16-25(35-27(38)31(32,33)34)23-12-9-13-24(26(37)17-15-23)18-21-10-7-6-8-11-21/h6-12,15,17,22,24-25,37H,13-14,16,18-20H2,1-5H3,(H,35,38)/b12-9?,23-15?,26-17-/t22-,24?,25?/m0/s1. The van der Waals surface area contributed by atoms with Crippen LogP contribution < -0.4 is 5.32 Å². The van der Waals surface area contributed by atoms with Crippen molar-refractivity contribution >= 4 is 12.0 Å². The summed E-state index contributed by atoms with van der Waals surface area (Å²) in [6.45, 7) is 9.69. The Hall–Kier alpha value is -3.23. The number of aliphatic hydroxyl groups is 1. The maximum absolute atomic E-state index is 13.2. The number of benzene rings is 1. The minimum atomic E-state index is -5.02. The van der Waals surface area contributed by atoms with Gasteiger partial charge in [0.25, 0.3) is 0 Å². The number of alkyl halides is 3. The molecule has 1 aliphatic heterocycles. The number of allylic oxidation sites excluding steroid dienone is 4. The predicted octanol–water partition coefficient (Wildman–Crippen LogP) is 7.04. The van der Waals surface area contributed by atoms with Crippen molar-refractivity contribution in [3.8, 4) is 0 Å². The van der Waals surface area contributed by atoms with Gasteiger partial charge in [-0.25, -0.2) is 4.79 Å². The molecule has 1 saturated heterocycles. The molecule has 1 aliphatic carbocycles. The van der Waals surface area contributed by atoms with Crippen LogP contribution in [0.3, 0.4) is 0 Å². The molecule has 0 radical (unpaired) electrons. The van der Waals surface area contributed by atoms with Gasteiger partial charge >= 0.3 is 18.2 Å². The molecule has 1 heterocycles. The van der Waals surface area contributed by atoms with Gasteiger partial charge in [-0.3, -0.25) is 4.79 Å². The van der Waals surface area contributed by atoms with E-state index >= 15 is 0 Å². The highest BCUT2D eigenvalue weighted by Crippen LogP contribution is 2.37. The third-order valence-corrected chi connectivity index (χ3v) is 7.32. The molecular formula is C31H41F3N2O4. The summed E-state index contributed by atoms with van der Waals surface area (Å²) in [5.74, 6) is -2.02. The van der Waals surface area contributed by atoms with Crippen LogP contribution in [-0.2, 0) is 16.0 Å². The SMILES string of the molecule is CC(C)(C)OC(=O)N1C[C@@H](CCC(NC(=O)C(F)(F)F)C2=C/C=C(\O)C(Cc3ccccc3)CC=C2)CC1(C)C. The third-order valence-electron chi connectivity index (χ3n) is 7.32. The van der Waals surface area contributed by atoms with Crippen molar-refractivity contribution in [2.45, 2.75) is 90.1 Å². The minimum absolute atomic E-state index is 0.0186. The van der Waals surface area contributed by atoms with Crippen LogP contribution in [0.1, 0.15) is 65.9 Å². The average Bonchev–Trinajstić information content (AvgIpc) is 3.15. The molecule has 0 saturated carbocycles. The molecule has 0 aromatic heterocycles. The molecule has 2 amide bonds. The smallest absolute Gasteiger partial charge is 0.471 e. The lowest BCUT2D eigenvalue weighted by Gasteiger charge is -2.33. The summed E-state index contributed by atoms with van der Waals surface area (Å²) >= 11 is 0. The zero-order valence-corrected chi connectivity index (χ0v) is 23.9. The lowest BCUT2D eigenvalue weighted by atomic mass is 9.88. The number of halogens is 3. The Balaban J connectivity index is 1.75. The van der Waals surface area contributed by atoms with Gasteiger partial charge in [-0.05, 0) is 89.9 Å². The van der Waals surface area contributed by atoms with E-state index in [0.29, 0.717) is 37.8 Å². The molecule has 2 N–H and O–H groups in total. The molecule has 3 rings (SSSR count). The topological polar surface area (TPSA) is 78.9 Å². The Bertz CT molecular complexity index is 1130. The van der Waals surface area contributed by atoms with Crippen molar-refractivity contribution in [3.05, 3.63) is 71.5 Å². The fourth-order valence-electron chi connectivity index (χ4n) is 5.36. The largest absolute Gasteiger partial charge is 0.512 e. The number of likely N-dealkylation sites (tertiary alicyclic amines) is 1. The molecule has 220 valence electrons. The van der Waals surface area contributed by atoms with Gasteiger partial charge < -0.3 is 20.1 Å². The molecule has 0 spiro atoms. The van der Waals surface area contributed by atoms with Gasteiger partial charge in [0, 0.05) is 18.0 Å². The molecule has 2 unspecified atom stereocenters. The molecule has 1 aromatic carbocycles. The predicted molar refractivity (Wildman–Crippen MR) is 149 cm³/mol. The Labute approximate surface area is 235 Å². The highest BCUT2D eigenvalue weighted by molar-refractivity contribution is 5.82. The van der Waals surface area contributed by atoms with Crippen molar-refractivity contribution in [1.29, 1.82) is 0 Å². The maximum Gasteiger partial charge on any atom is 0.471 e. The van der Waals surface area contributed by atoms with Gasteiger partial charge in [0.2, 0.25) is 0 Å². The van der Waals surface area contributed by atoms with Gasteiger partial charge in [-0.2, -0.15) is 13.2 Å². The molecule has 1 fully saturated rings. The van der Waals surface area contributed by atoms with Gasteiger partial charge in [0.1, 0.15) is 5.60 Å². The Morgan fingerprint density at radius 3 is 2.45 bits per heavy atom. The molecule has 6 nitrogen and oxygen atoms in total. The van der Waals surface area contributed by atoms with Gasteiger partial charge in [-0.15, -0.1) is 0 Å². The molecule has 9 heteroatoms. The van der Waals surface area contributed by atoms with Crippen molar-refractivity contribution in [2.75, 3.05) is 6.54 Å². The Kier molecular flexibility index (Phi) is 9.80. The lowest BCUT2D eigenvalue weighted by molar-refractivity contribution is -0.174. The summed E-state index contributed by atoms with van der Waals surface area (Å²) < 4.78 is 45.2. The summed E-state index contributed by atoms with van der Waals surface area (Å²) in [6.07, 6.45) is 3.72. The molecule has 1 aromatic rings. The number of hydrogen-bond donors (Lipinski definition) is 2. The van der Waals surface area contributed by atoms with Crippen LogP contribution in [-0.4, -0.2) is 51.9 Å². The maximum atomic E-state index is 13.2. The highest BCUT2D eigenvalue weighted by atomic mass is 19.4. The van der Waals surface area contributed by atoms with Gasteiger partial charge in [0.15, 0.2) is 0 Å². The first-order valence-corrected chi connectivity index (χ1v) is 13.7. The third kappa shape index (κ3) is 8.89. The van der Waals surface area contributed by atoms with Crippen LogP contribution in [0, 0.1) is 11.8 Å². The van der Waals surface area contributed by atoms with Crippen molar-refractivity contribution < 1.29 is 32.6 Å². The summed E-state index contributed by atoms with van der Waals surface area (Å²) in [4.78, 5) is 26.4. The minimum Gasteiger partial charge on any atom is -0.512 e. The van der Waals surface area contributed by atoms with Gasteiger partial charge in [0.05, 0.1) is 11.8 Å². The fraction of sp³-hybridized carbons (Fsp3) is 0.548. The Morgan fingerprint density at radius 1 is 1.15 bits per heavy atom. The first-order chi connectivity index (χ1) is 18.5. The monoisotopic (exact) mass is 562 g/mol. The summed E-state index contributed by atoms with van der Waals surface area (Å²) in [7, 11) is 0. The number of ether oxygens (including phenoxy) is 1. The average molecular weight is 563 g/mol. The molecule has 40 heavy (non-hydrogen) atoms. The van der Waals surface area contributed by atoms with Crippen LogP contribution in [0.2, 0.25) is 0 Å². The second kappa shape index (κ2) is 12.5. The van der Waals surface area contributed by atoms with Crippen LogP contribution in [0.25, 0.3) is 0 Å². The molecule has 2 aliphatic rings. The van der Waals surface area contributed by atoms with E-state index in [1.807, 2.05) is 50.3 Å². The van der Waals surface area contributed by atoms with E-state index in [4.69, 9.17) is 4.74 Å². The number of carbonyl (C=O) groups is 2. The number of nitrogens with one attached hydrogen (secondary N) is 1. The summed E-state index contributed by atoms with van der Waals surface area (Å²) in [6, 6.07) is 8.82. The van der Waals surface area contributed by atoms with E-state index < -0.39 is 35.4 Å². The van der Waals surface area contributed by atoms with E-state index in [1.165, 1.54) is 6.08 Å². The quantitative estimate of drug-likeness (QED) is 0.374. The summed E-state index contributed by atoms with van der Waals surface area (Å²) in [5, 5.41) is 12.9. The number of nitrogens with zero attached hydrogens (tertiary/aromatic N) is 1. The second-order valence-corrected chi connectivity index (χ2v) is 12.4. The first-order valence-electron chi connectivity index (χ1n) is 13.7. The van der Waals surface area contributed by atoms with E-state index in [9.17, 15) is 27.9 Å². The molecular weight excluding hydrogens is 521 g/mol. The number of rotatable bonds is 7. The van der Waals surface area contributed by atoms with E-state index in [1.54, 1.807) is 37.8 Å². The van der Waals surface area contributed by atoms with Crippen molar-refractivity contribution in [1.82, 2.24) is 10.2 Å². The number of hydrogen-bond acceptors (Lipinski definition) is 4. The normalized spacial score (nSPS) is 23.4. The zero-order valence-electron chi connectivity index (χ0n) is 23.9. The van der Waals surface area contributed by atoms with Gasteiger partial charge in [-0.1, -0.05) is 48.6 Å². The van der Waals surface area contributed by atoms with Crippen LogP contribution in [0.5, 0.6) is 0 Å². The number of carbonyl (C=O) groups excluding carboxylic acids is 2. The second-order valence-electron chi connectivity index (χ2n) is 12.4. The van der Waals surface area contributed by atoms with E-state index in [0.717, 1.165) is 5.56 Å². The highest BCUT2D eigenvalue weighted by Gasteiger charge is 2.44. The van der Waals surface area contributed by atoms with Crippen LogP contribution in [0.15, 0.2) is 66.0 Å². The van der Waals surface area contributed by atoms with Crippen molar-refractivity contribution in [2.24, 2.45) is 11.8 Å². The van der Waals surface area contributed by atoms with E-state index in [2.05, 4.69) is 5.32 Å².